The molecule has 3 N–H and O–H groups in total. The van der Waals surface area contributed by atoms with E-state index in [1.54, 1.807) is 18.3 Å². The highest BCUT2D eigenvalue weighted by Gasteiger charge is 2.26. The van der Waals surface area contributed by atoms with Crippen LogP contribution in [-0.2, 0) is 4.79 Å². The summed E-state index contributed by atoms with van der Waals surface area (Å²) in [5, 5.41) is 9.92. The lowest BCUT2D eigenvalue weighted by Crippen LogP contribution is -2.39. The van der Waals surface area contributed by atoms with Crippen LogP contribution in [0.5, 0.6) is 0 Å². The predicted octanol–water partition coefficient (Wildman–Crippen LogP) is 1.06. The lowest BCUT2D eigenvalue weighted by molar-refractivity contribution is -0.126. The van der Waals surface area contributed by atoms with Crippen LogP contribution in [0.3, 0.4) is 0 Å². The standard InChI is InChI=1S/C12H18N2O2/c1-3-8(2)11(15)10(13)12(16)9-5-4-6-14-7-9/h4-8,10,12,16H,3,13H2,1-2H3. The van der Waals surface area contributed by atoms with E-state index >= 15 is 0 Å². The molecular weight excluding hydrogens is 204 g/mol. The number of nitrogens with zero attached hydrogens (tertiary/aromatic N) is 1. The molecule has 0 spiro atoms. The molecule has 3 atom stereocenters. The van der Waals surface area contributed by atoms with Crippen molar-refractivity contribution in [3.8, 4) is 0 Å². The van der Waals surface area contributed by atoms with Crippen LogP contribution in [0.4, 0.5) is 0 Å². The van der Waals surface area contributed by atoms with Crippen LogP contribution in [-0.4, -0.2) is 21.9 Å². The first kappa shape index (κ1) is 12.8. The van der Waals surface area contributed by atoms with Gasteiger partial charge in [0, 0.05) is 23.9 Å². The first-order valence-corrected chi connectivity index (χ1v) is 5.45. The fourth-order valence-corrected chi connectivity index (χ4v) is 1.44. The molecule has 1 aromatic heterocycles. The number of hydrogen-bond donors (Lipinski definition) is 2. The van der Waals surface area contributed by atoms with Crippen molar-refractivity contribution >= 4 is 5.78 Å². The van der Waals surface area contributed by atoms with Crippen molar-refractivity contribution in [2.24, 2.45) is 11.7 Å². The summed E-state index contributed by atoms with van der Waals surface area (Å²) in [7, 11) is 0. The SMILES string of the molecule is CCC(C)C(=O)C(N)C(O)c1cccnc1. The Morgan fingerprint density at radius 1 is 1.62 bits per heavy atom. The summed E-state index contributed by atoms with van der Waals surface area (Å²) in [6.45, 7) is 3.74. The number of Topliss-reactive ketones (excluding diaryl/α,β-unsaturated/α-hetero) is 1. The molecular formula is C12H18N2O2. The van der Waals surface area contributed by atoms with E-state index < -0.39 is 12.1 Å². The number of carbonyl (C=O) groups excluding carboxylic acids is 1. The Bertz CT molecular complexity index is 340. The van der Waals surface area contributed by atoms with Crippen molar-refractivity contribution in [2.45, 2.75) is 32.4 Å². The number of carbonyl (C=O) groups is 1. The maximum atomic E-state index is 11.8. The van der Waals surface area contributed by atoms with Gasteiger partial charge in [0.1, 0.15) is 6.10 Å². The van der Waals surface area contributed by atoms with Gasteiger partial charge >= 0.3 is 0 Å². The van der Waals surface area contributed by atoms with Crippen molar-refractivity contribution in [3.05, 3.63) is 30.1 Å². The molecule has 0 bridgehead atoms. The molecule has 4 heteroatoms. The molecule has 1 aromatic rings. The second kappa shape index (κ2) is 5.72. The molecule has 4 nitrogen and oxygen atoms in total. The summed E-state index contributed by atoms with van der Waals surface area (Å²) < 4.78 is 0. The van der Waals surface area contributed by atoms with Crippen molar-refractivity contribution in [1.29, 1.82) is 0 Å². The molecule has 0 saturated heterocycles. The largest absolute Gasteiger partial charge is 0.386 e. The number of ketones is 1. The van der Waals surface area contributed by atoms with E-state index in [1.807, 2.05) is 13.8 Å². The molecule has 0 radical (unpaired) electrons. The minimum absolute atomic E-state index is 0.112. The third-order valence-corrected chi connectivity index (χ3v) is 2.79. The molecule has 88 valence electrons. The zero-order chi connectivity index (χ0) is 12.1. The number of nitrogens with two attached hydrogens (primary N) is 1. The lowest BCUT2D eigenvalue weighted by atomic mass is 9.92. The van der Waals surface area contributed by atoms with Crippen LogP contribution in [0.15, 0.2) is 24.5 Å². The molecule has 0 aliphatic rings. The zero-order valence-corrected chi connectivity index (χ0v) is 9.63. The summed E-state index contributed by atoms with van der Waals surface area (Å²) in [5.74, 6) is -0.236. The molecule has 3 unspecified atom stereocenters. The van der Waals surface area contributed by atoms with Crippen molar-refractivity contribution < 1.29 is 9.90 Å². The van der Waals surface area contributed by atoms with Crippen LogP contribution < -0.4 is 5.73 Å². The van der Waals surface area contributed by atoms with E-state index in [0.29, 0.717) is 5.56 Å². The third-order valence-electron chi connectivity index (χ3n) is 2.79. The molecule has 16 heavy (non-hydrogen) atoms. The minimum atomic E-state index is -0.977. The van der Waals surface area contributed by atoms with Crippen LogP contribution in [0.25, 0.3) is 0 Å². The highest BCUT2D eigenvalue weighted by atomic mass is 16.3. The Morgan fingerprint density at radius 2 is 2.31 bits per heavy atom. The highest BCUT2D eigenvalue weighted by molar-refractivity contribution is 5.86. The molecule has 0 aliphatic carbocycles. The predicted molar refractivity (Wildman–Crippen MR) is 61.6 cm³/mol. The molecule has 1 heterocycles. The van der Waals surface area contributed by atoms with Crippen molar-refractivity contribution in [1.82, 2.24) is 4.98 Å². The average molecular weight is 222 g/mol. The third kappa shape index (κ3) is 2.87. The van der Waals surface area contributed by atoms with E-state index in [2.05, 4.69) is 4.98 Å². The van der Waals surface area contributed by atoms with E-state index in [4.69, 9.17) is 5.73 Å². The van der Waals surface area contributed by atoms with Gasteiger partial charge in [0.2, 0.25) is 0 Å². The summed E-state index contributed by atoms with van der Waals surface area (Å²) in [5.41, 5.74) is 6.32. The fraction of sp³-hybridized carbons (Fsp3) is 0.500. The van der Waals surface area contributed by atoms with Crippen LogP contribution in [0.2, 0.25) is 0 Å². The Morgan fingerprint density at radius 3 is 2.81 bits per heavy atom. The monoisotopic (exact) mass is 222 g/mol. The molecule has 0 saturated carbocycles. The van der Waals surface area contributed by atoms with E-state index in [0.717, 1.165) is 6.42 Å². The smallest absolute Gasteiger partial charge is 0.155 e. The van der Waals surface area contributed by atoms with Gasteiger partial charge in [0.15, 0.2) is 5.78 Å². The minimum Gasteiger partial charge on any atom is -0.386 e. The Kier molecular flexibility index (Phi) is 4.58. The Balaban J connectivity index is 2.75. The second-order valence-electron chi connectivity index (χ2n) is 3.97. The molecule has 0 aromatic carbocycles. The highest BCUT2D eigenvalue weighted by Crippen LogP contribution is 2.18. The number of hydrogen-bond acceptors (Lipinski definition) is 4. The normalized spacial score (nSPS) is 16.5. The summed E-state index contributed by atoms with van der Waals surface area (Å²) in [4.78, 5) is 15.7. The van der Waals surface area contributed by atoms with E-state index in [9.17, 15) is 9.90 Å². The summed E-state index contributed by atoms with van der Waals surface area (Å²) >= 11 is 0. The Hall–Kier alpha value is -1.26. The second-order valence-corrected chi connectivity index (χ2v) is 3.97. The molecule has 0 aliphatic heterocycles. The Labute approximate surface area is 95.5 Å². The number of aliphatic hydroxyl groups is 1. The molecule has 1 rings (SSSR count). The van der Waals surface area contributed by atoms with E-state index in [1.165, 1.54) is 6.20 Å². The van der Waals surface area contributed by atoms with Gasteiger partial charge in [0.05, 0.1) is 6.04 Å². The first-order chi connectivity index (χ1) is 7.57. The van der Waals surface area contributed by atoms with Gasteiger partial charge in [-0.1, -0.05) is 19.9 Å². The summed E-state index contributed by atoms with van der Waals surface area (Å²) in [6.07, 6.45) is 2.88. The molecule has 0 amide bonds. The average Bonchev–Trinajstić information content (AvgIpc) is 2.36. The van der Waals surface area contributed by atoms with Gasteiger partial charge < -0.3 is 10.8 Å². The van der Waals surface area contributed by atoms with Gasteiger partial charge in [-0.3, -0.25) is 9.78 Å². The van der Waals surface area contributed by atoms with E-state index in [-0.39, 0.29) is 11.7 Å². The molecule has 0 fully saturated rings. The van der Waals surface area contributed by atoms with Crippen LogP contribution >= 0.6 is 0 Å². The fourth-order valence-electron chi connectivity index (χ4n) is 1.44. The van der Waals surface area contributed by atoms with Crippen LogP contribution in [0.1, 0.15) is 31.9 Å². The van der Waals surface area contributed by atoms with Crippen LogP contribution in [0, 0.1) is 5.92 Å². The first-order valence-electron chi connectivity index (χ1n) is 5.45. The number of rotatable bonds is 5. The summed E-state index contributed by atoms with van der Waals surface area (Å²) in [6, 6.07) is 2.54. The number of pyridine rings is 1. The topological polar surface area (TPSA) is 76.2 Å². The van der Waals surface area contributed by atoms with Crippen molar-refractivity contribution in [2.75, 3.05) is 0 Å². The zero-order valence-electron chi connectivity index (χ0n) is 9.63. The lowest BCUT2D eigenvalue weighted by Gasteiger charge is -2.20. The van der Waals surface area contributed by atoms with Crippen molar-refractivity contribution in [3.63, 3.8) is 0 Å². The maximum Gasteiger partial charge on any atom is 0.155 e. The number of aromatic nitrogens is 1. The maximum absolute atomic E-state index is 11.8. The van der Waals surface area contributed by atoms with Gasteiger partial charge in [-0.2, -0.15) is 0 Å². The van der Waals surface area contributed by atoms with Gasteiger partial charge in [0.25, 0.3) is 0 Å². The quantitative estimate of drug-likeness (QED) is 0.781. The van der Waals surface area contributed by atoms with Gasteiger partial charge in [-0.05, 0) is 12.5 Å². The number of aliphatic hydroxyl groups excluding tert-OH is 1. The van der Waals surface area contributed by atoms with Gasteiger partial charge in [-0.25, -0.2) is 0 Å². The van der Waals surface area contributed by atoms with Gasteiger partial charge in [-0.15, -0.1) is 0 Å².